The van der Waals surface area contributed by atoms with Gasteiger partial charge in [-0.3, -0.25) is 4.79 Å². The van der Waals surface area contributed by atoms with Crippen molar-refractivity contribution in [1.82, 2.24) is 9.97 Å². The van der Waals surface area contributed by atoms with E-state index in [1.165, 1.54) is 6.92 Å². The van der Waals surface area contributed by atoms with E-state index in [0.717, 1.165) is 23.4 Å². The number of rotatable bonds is 5. The summed E-state index contributed by atoms with van der Waals surface area (Å²) in [7, 11) is 1.62. The average Bonchev–Trinajstić information content (AvgIpc) is 2.50. The minimum absolute atomic E-state index is 0.120. The number of anilines is 3. The standard InChI is InChI=1S/C16H20N4O2/c1-5-12-8-14(10(2)18-16(12)22-4)20-15-7-6-13(9-17-15)19-11(3)21/h6-9H,5H2,1-4H3,(H,17,20)(H,19,21). The van der Waals surface area contributed by atoms with Crippen LogP contribution in [0.4, 0.5) is 17.2 Å². The molecule has 0 aliphatic rings. The maximum Gasteiger partial charge on any atom is 0.221 e. The largest absolute Gasteiger partial charge is 0.481 e. The maximum absolute atomic E-state index is 11.0. The lowest BCUT2D eigenvalue weighted by molar-refractivity contribution is -0.114. The van der Waals surface area contributed by atoms with Crippen LogP contribution in [0.1, 0.15) is 25.1 Å². The lowest BCUT2D eigenvalue weighted by Crippen LogP contribution is -2.06. The van der Waals surface area contributed by atoms with E-state index in [-0.39, 0.29) is 5.91 Å². The molecule has 2 heterocycles. The first-order chi connectivity index (χ1) is 10.5. The molecule has 0 bridgehead atoms. The first-order valence-corrected chi connectivity index (χ1v) is 7.08. The van der Waals surface area contributed by atoms with Crippen molar-refractivity contribution in [3.8, 4) is 5.88 Å². The van der Waals surface area contributed by atoms with Crippen molar-refractivity contribution in [2.75, 3.05) is 17.7 Å². The minimum Gasteiger partial charge on any atom is -0.481 e. The number of carbonyl (C=O) groups is 1. The summed E-state index contributed by atoms with van der Waals surface area (Å²) in [4.78, 5) is 19.7. The summed E-state index contributed by atoms with van der Waals surface area (Å²) >= 11 is 0. The van der Waals surface area contributed by atoms with E-state index in [0.29, 0.717) is 17.4 Å². The molecule has 6 heteroatoms. The van der Waals surface area contributed by atoms with Crippen molar-refractivity contribution in [2.45, 2.75) is 27.2 Å². The van der Waals surface area contributed by atoms with Crippen molar-refractivity contribution < 1.29 is 9.53 Å². The number of aromatic nitrogens is 2. The highest BCUT2D eigenvalue weighted by atomic mass is 16.5. The molecule has 2 aromatic heterocycles. The fraction of sp³-hybridized carbons (Fsp3) is 0.312. The SMILES string of the molecule is CCc1cc(Nc2ccc(NC(C)=O)cn2)c(C)nc1OC. The Morgan fingerprint density at radius 2 is 2.14 bits per heavy atom. The van der Waals surface area contributed by atoms with Gasteiger partial charge in [-0.05, 0) is 31.5 Å². The Morgan fingerprint density at radius 3 is 2.68 bits per heavy atom. The van der Waals surface area contributed by atoms with Gasteiger partial charge in [0.2, 0.25) is 11.8 Å². The van der Waals surface area contributed by atoms with Crippen LogP contribution in [-0.2, 0) is 11.2 Å². The van der Waals surface area contributed by atoms with Gasteiger partial charge in [-0.1, -0.05) is 6.92 Å². The van der Waals surface area contributed by atoms with Crippen molar-refractivity contribution in [2.24, 2.45) is 0 Å². The van der Waals surface area contributed by atoms with Crippen LogP contribution in [0.2, 0.25) is 0 Å². The highest BCUT2D eigenvalue weighted by Crippen LogP contribution is 2.25. The zero-order valence-electron chi connectivity index (χ0n) is 13.2. The fourth-order valence-corrected chi connectivity index (χ4v) is 2.06. The van der Waals surface area contributed by atoms with Gasteiger partial charge >= 0.3 is 0 Å². The first-order valence-electron chi connectivity index (χ1n) is 7.08. The van der Waals surface area contributed by atoms with Crippen molar-refractivity contribution >= 4 is 23.1 Å². The number of ether oxygens (including phenoxy) is 1. The predicted octanol–water partition coefficient (Wildman–Crippen LogP) is 3.06. The molecule has 2 N–H and O–H groups in total. The summed E-state index contributed by atoms with van der Waals surface area (Å²) in [5.74, 6) is 1.22. The first kappa shape index (κ1) is 15.8. The molecule has 22 heavy (non-hydrogen) atoms. The Kier molecular flexibility index (Phi) is 4.93. The summed E-state index contributed by atoms with van der Waals surface area (Å²) in [6, 6.07) is 5.62. The Labute approximate surface area is 129 Å². The second kappa shape index (κ2) is 6.89. The highest BCUT2D eigenvalue weighted by molar-refractivity contribution is 5.88. The summed E-state index contributed by atoms with van der Waals surface area (Å²) in [5.41, 5.74) is 3.42. The molecule has 0 unspecified atom stereocenters. The van der Waals surface area contributed by atoms with E-state index < -0.39 is 0 Å². The molecule has 1 amide bonds. The molecule has 0 radical (unpaired) electrons. The molecule has 0 atom stereocenters. The fourth-order valence-electron chi connectivity index (χ4n) is 2.06. The van der Waals surface area contributed by atoms with Crippen molar-refractivity contribution in [1.29, 1.82) is 0 Å². The molecule has 2 rings (SSSR count). The van der Waals surface area contributed by atoms with Gasteiger partial charge in [0.15, 0.2) is 0 Å². The van der Waals surface area contributed by atoms with Crippen LogP contribution < -0.4 is 15.4 Å². The Hall–Kier alpha value is -2.63. The number of hydrogen-bond donors (Lipinski definition) is 2. The summed E-state index contributed by atoms with van der Waals surface area (Å²) in [5, 5.41) is 5.92. The van der Waals surface area contributed by atoms with Gasteiger partial charge in [0, 0.05) is 12.5 Å². The molecule has 0 spiro atoms. The number of nitrogens with zero attached hydrogens (tertiary/aromatic N) is 2. The Balaban J connectivity index is 2.21. The lowest BCUT2D eigenvalue weighted by Gasteiger charge is -2.13. The van der Waals surface area contributed by atoms with E-state index in [2.05, 4.69) is 27.5 Å². The van der Waals surface area contributed by atoms with E-state index in [1.54, 1.807) is 25.4 Å². The Morgan fingerprint density at radius 1 is 1.36 bits per heavy atom. The molecule has 0 aliphatic heterocycles. The smallest absolute Gasteiger partial charge is 0.221 e. The van der Waals surface area contributed by atoms with Crippen LogP contribution >= 0.6 is 0 Å². The monoisotopic (exact) mass is 300 g/mol. The number of amides is 1. The van der Waals surface area contributed by atoms with Gasteiger partial charge in [-0.25, -0.2) is 9.97 Å². The number of hydrogen-bond acceptors (Lipinski definition) is 5. The Bertz CT molecular complexity index is 669. The second-order valence-electron chi connectivity index (χ2n) is 4.88. The summed E-state index contributed by atoms with van der Waals surface area (Å²) in [6.07, 6.45) is 2.44. The molecule has 116 valence electrons. The van der Waals surface area contributed by atoms with Crippen LogP contribution in [0.5, 0.6) is 5.88 Å². The van der Waals surface area contributed by atoms with Crippen LogP contribution in [0.25, 0.3) is 0 Å². The minimum atomic E-state index is -0.120. The molecular formula is C16H20N4O2. The number of aryl methyl sites for hydroxylation is 2. The predicted molar refractivity (Wildman–Crippen MR) is 86.7 cm³/mol. The van der Waals surface area contributed by atoms with Gasteiger partial charge < -0.3 is 15.4 Å². The van der Waals surface area contributed by atoms with Crippen molar-refractivity contribution in [3.63, 3.8) is 0 Å². The van der Waals surface area contributed by atoms with E-state index in [1.807, 2.05) is 13.0 Å². The average molecular weight is 300 g/mol. The molecule has 0 saturated heterocycles. The van der Waals surface area contributed by atoms with Gasteiger partial charge in [-0.2, -0.15) is 0 Å². The zero-order chi connectivity index (χ0) is 16.1. The third-order valence-corrected chi connectivity index (χ3v) is 3.17. The van der Waals surface area contributed by atoms with Gasteiger partial charge in [0.05, 0.1) is 30.4 Å². The van der Waals surface area contributed by atoms with Gasteiger partial charge in [0.1, 0.15) is 5.82 Å². The maximum atomic E-state index is 11.0. The molecule has 0 saturated carbocycles. The molecule has 2 aromatic rings. The topological polar surface area (TPSA) is 76.1 Å². The highest BCUT2D eigenvalue weighted by Gasteiger charge is 2.09. The van der Waals surface area contributed by atoms with Crippen LogP contribution in [0.3, 0.4) is 0 Å². The number of nitrogens with one attached hydrogen (secondary N) is 2. The quantitative estimate of drug-likeness (QED) is 0.887. The molecule has 6 nitrogen and oxygen atoms in total. The van der Waals surface area contributed by atoms with E-state index in [4.69, 9.17) is 4.74 Å². The second-order valence-corrected chi connectivity index (χ2v) is 4.88. The normalized spacial score (nSPS) is 10.2. The number of pyridine rings is 2. The van der Waals surface area contributed by atoms with Crippen LogP contribution in [-0.4, -0.2) is 23.0 Å². The van der Waals surface area contributed by atoms with Gasteiger partial charge in [-0.15, -0.1) is 0 Å². The van der Waals surface area contributed by atoms with Crippen molar-refractivity contribution in [3.05, 3.63) is 35.7 Å². The lowest BCUT2D eigenvalue weighted by atomic mass is 10.1. The zero-order valence-corrected chi connectivity index (χ0v) is 13.2. The molecule has 0 fully saturated rings. The molecule has 0 aromatic carbocycles. The number of methoxy groups -OCH3 is 1. The summed E-state index contributed by atoms with van der Waals surface area (Å²) < 4.78 is 5.28. The molecular weight excluding hydrogens is 280 g/mol. The van der Waals surface area contributed by atoms with Crippen LogP contribution in [0.15, 0.2) is 24.4 Å². The van der Waals surface area contributed by atoms with E-state index in [9.17, 15) is 4.79 Å². The third-order valence-electron chi connectivity index (χ3n) is 3.17. The third kappa shape index (κ3) is 3.72. The van der Waals surface area contributed by atoms with Gasteiger partial charge in [0.25, 0.3) is 0 Å². The number of carbonyl (C=O) groups excluding carboxylic acids is 1. The van der Waals surface area contributed by atoms with E-state index >= 15 is 0 Å². The van der Waals surface area contributed by atoms with Crippen LogP contribution in [0, 0.1) is 6.92 Å². The molecule has 0 aliphatic carbocycles. The summed E-state index contributed by atoms with van der Waals surface area (Å²) in [6.45, 7) is 5.43.